The van der Waals surface area contributed by atoms with E-state index in [2.05, 4.69) is 26.2 Å². The van der Waals surface area contributed by atoms with Gasteiger partial charge in [-0.1, -0.05) is 29.8 Å². The molecule has 3 aliphatic rings. The Morgan fingerprint density at radius 2 is 1.84 bits per heavy atom. The van der Waals surface area contributed by atoms with Crippen LogP contribution in [0.3, 0.4) is 0 Å². The van der Waals surface area contributed by atoms with Crippen LogP contribution < -0.4 is 10.6 Å². The van der Waals surface area contributed by atoms with E-state index in [1.54, 1.807) is 16.8 Å². The van der Waals surface area contributed by atoms with Crippen LogP contribution in [0, 0.1) is 5.92 Å². The summed E-state index contributed by atoms with van der Waals surface area (Å²) in [4.78, 5) is 52.6. The molecule has 4 heterocycles. The van der Waals surface area contributed by atoms with Crippen LogP contribution in [0.1, 0.15) is 75.0 Å². The van der Waals surface area contributed by atoms with Crippen LogP contribution in [0.15, 0.2) is 36.4 Å². The van der Waals surface area contributed by atoms with Crippen molar-refractivity contribution in [3.63, 3.8) is 0 Å². The third kappa shape index (κ3) is 6.07. The molecular formula is C29H27ClF3N7O5. The maximum atomic E-state index is 13.9. The Morgan fingerprint density at radius 1 is 1.07 bits per heavy atom. The first kappa shape index (κ1) is 30.8. The Kier molecular flexibility index (Phi) is 8.41. The zero-order valence-corrected chi connectivity index (χ0v) is 24.4. The first-order chi connectivity index (χ1) is 21.5. The van der Waals surface area contributed by atoms with Crippen LogP contribution in [0.25, 0.3) is 0 Å². The molecule has 1 aromatic heterocycles. The van der Waals surface area contributed by atoms with Gasteiger partial charge in [-0.05, 0) is 64.9 Å². The molecule has 0 bridgehead atoms. The largest absolute Gasteiger partial charge is 0.416 e. The van der Waals surface area contributed by atoms with Gasteiger partial charge in [0.1, 0.15) is 6.04 Å². The summed E-state index contributed by atoms with van der Waals surface area (Å²) in [5, 5.41) is 17.6. The highest BCUT2D eigenvalue weighted by Crippen LogP contribution is 2.36. The molecule has 12 nitrogen and oxygen atoms in total. The molecule has 0 spiro atoms. The lowest BCUT2D eigenvalue weighted by atomic mass is 9.95. The topological polar surface area (TPSA) is 148 Å². The van der Waals surface area contributed by atoms with E-state index in [4.69, 9.17) is 16.3 Å². The summed E-state index contributed by atoms with van der Waals surface area (Å²) in [5.41, 5.74) is -0.134. The fourth-order valence-electron chi connectivity index (χ4n) is 5.92. The molecule has 0 radical (unpaired) electrons. The number of ether oxygens (including phenoxy) is 1. The number of nitrogens with one attached hydrogen (secondary N) is 2. The normalized spacial score (nSPS) is 20.0. The number of nitrogens with zero attached hydrogens (tertiary/aromatic N) is 5. The Bertz CT molecular complexity index is 1670. The van der Waals surface area contributed by atoms with E-state index in [1.165, 1.54) is 12.1 Å². The lowest BCUT2D eigenvalue weighted by Crippen LogP contribution is -2.54. The average Bonchev–Trinajstić information content (AvgIpc) is 3.56. The molecule has 2 N–H and O–H groups in total. The Hall–Kier alpha value is -4.21. The number of benzene rings is 2. The molecule has 2 unspecified atom stereocenters. The summed E-state index contributed by atoms with van der Waals surface area (Å²) in [6, 6.07) is 5.60. The number of tetrazole rings is 1. The predicted molar refractivity (Wildman–Crippen MR) is 150 cm³/mol. The molecule has 3 aromatic rings. The lowest BCUT2D eigenvalue weighted by molar-refractivity contribution is -0.138. The smallest absolute Gasteiger partial charge is 0.381 e. The fraction of sp³-hybridized carbons (Fsp3) is 0.414. The molecule has 0 saturated carbocycles. The molecule has 0 aliphatic carbocycles. The highest BCUT2D eigenvalue weighted by Gasteiger charge is 2.46. The number of hydrogen-bond acceptors (Lipinski definition) is 9. The minimum atomic E-state index is -4.57. The van der Waals surface area contributed by atoms with Gasteiger partial charge in [-0.2, -0.15) is 13.2 Å². The van der Waals surface area contributed by atoms with E-state index in [0.29, 0.717) is 36.7 Å². The number of fused-ring (bicyclic) bond motifs is 1. The van der Waals surface area contributed by atoms with Gasteiger partial charge >= 0.3 is 6.18 Å². The second-order valence-corrected chi connectivity index (χ2v) is 11.5. The standard InChI is InChI=1S/C29H27ClF3N7O5/c30-20-12-17(29(31,32)33)5-4-16(20)13-34-24(25-36-37-38-39(25)14-15-8-10-45-11-9-15)18-2-1-3-19-23(18)28(44)40(27(19)43)21-6-7-22(41)35-26(21)42/h1-5,12,15,21,24,34H,6-11,13-14H2,(H,35,41,42). The number of aromatic nitrogens is 4. The number of carbonyl (C=O) groups excluding carboxylic acids is 4. The molecule has 6 rings (SSSR count). The molecule has 2 fully saturated rings. The van der Waals surface area contributed by atoms with Crippen LogP contribution >= 0.6 is 11.6 Å². The Balaban J connectivity index is 1.37. The third-order valence-corrected chi connectivity index (χ3v) is 8.63. The maximum absolute atomic E-state index is 13.9. The SMILES string of the molecule is O=C1CCC(N2C(=O)c3cccc(C(NCc4ccc(C(F)(F)F)cc4Cl)c4nnnn4CC4CCOCC4)c3C2=O)C(=O)N1. The van der Waals surface area contributed by atoms with E-state index in [1.807, 2.05) is 0 Å². The number of rotatable bonds is 8. The molecule has 45 heavy (non-hydrogen) atoms. The zero-order chi connectivity index (χ0) is 31.9. The van der Waals surface area contributed by atoms with Crippen LogP contribution in [0.2, 0.25) is 5.02 Å². The quantitative estimate of drug-likeness (QED) is 0.353. The number of halogens is 4. The van der Waals surface area contributed by atoms with Gasteiger partial charge in [0.2, 0.25) is 11.8 Å². The van der Waals surface area contributed by atoms with Crippen LogP contribution in [0.5, 0.6) is 0 Å². The Labute approximate surface area is 259 Å². The number of piperidine rings is 1. The zero-order valence-electron chi connectivity index (χ0n) is 23.6. The molecule has 16 heteroatoms. The molecule has 2 saturated heterocycles. The predicted octanol–water partition coefficient (Wildman–Crippen LogP) is 3.05. The van der Waals surface area contributed by atoms with E-state index < -0.39 is 47.5 Å². The minimum absolute atomic E-state index is 0.0110. The molecule has 236 valence electrons. The average molecular weight is 646 g/mol. The third-order valence-electron chi connectivity index (χ3n) is 8.28. The summed E-state index contributed by atoms with van der Waals surface area (Å²) < 4.78 is 46.8. The van der Waals surface area contributed by atoms with Crippen molar-refractivity contribution >= 4 is 35.2 Å². The first-order valence-corrected chi connectivity index (χ1v) is 14.7. The second-order valence-electron chi connectivity index (χ2n) is 11.1. The van der Waals surface area contributed by atoms with Crippen molar-refractivity contribution in [2.75, 3.05) is 13.2 Å². The number of alkyl halides is 3. The summed E-state index contributed by atoms with van der Waals surface area (Å²) in [6.07, 6.45) is -3.05. The van der Waals surface area contributed by atoms with Gasteiger partial charge in [-0.25, -0.2) is 4.68 Å². The highest BCUT2D eigenvalue weighted by atomic mass is 35.5. The van der Waals surface area contributed by atoms with Gasteiger partial charge < -0.3 is 4.74 Å². The van der Waals surface area contributed by atoms with Crippen molar-refractivity contribution in [1.29, 1.82) is 0 Å². The van der Waals surface area contributed by atoms with Gasteiger partial charge in [0.25, 0.3) is 11.8 Å². The van der Waals surface area contributed by atoms with E-state index >= 15 is 0 Å². The van der Waals surface area contributed by atoms with Crippen molar-refractivity contribution in [3.8, 4) is 0 Å². The van der Waals surface area contributed by atoms with E-state index in [-0.39, 0.29) is 41.5 Å². The summed E-state index contributed by atoms with van der Waals surface area (Å²) in [6.45, 7) is 1.58. The van der Waals surface area contributed by atoms with Gasteiger partial charge in [0, 0.05) is 37.7 Å². The van der Waals surface area contributed by atoms with Crippen molar-refractivity contribution < 1.29 is 37.1 Å². The molecule has 4 amide bonds. The number of imide groups is 2. The summed E-state index contributed by atoms with van der Waals surface area (Å²) in [7, 11) is 0. The summed E-state index contributed by atoms with van der Waals surface area (Å²) >= 11 is 6.25. The van der Waals surface area contributed by atoms with Crippen LogP contribution in [0.4, 0.5) is 13.2 Å². The Morgan fingerprint density at radius 3 is 2.56 bits per heavy atom. The summed E-state index contributed by atoms with van der Waals surface area (Å²) in [5.74, 6) is -2.12. The highest BCUT2D eigenvalue weighted by molar-refractivity contribution is 6.31. The van der Waals surface area contributed by atoms with Crippen molar-refractivity contribution in [2.45, 2.75) is 57.0 Å². The monoisotopic (exact) mass is 645 g/mol. The molecule has 2 aromatic carbocycles. The molecular weight excluding hydrogens is 619 g/mol. The van der Waals surface area contributed by atoms with Crippen LogP contribution in [-0.4, -0.2) is 68.0 Å². The minimum Gasteiger partial charge on any atom is -0.381 e. The fourth-order valence-corrected chi connectivity index (χ4v) is 6.17. The first-order valence-electron chi connectivity index (χ1n) is 14.3. The number of carbonyl (C=O) groups is 4. The van der Waals surface area contributed by atoms with Crippen molar-refractivity contribution in [1.82, 2.24) is 35.7 Å². The maximum Gasteiger partial charge on any atom is 0.416 e. The van der Waals surface area contributed by atoms with Gasteiger partial charge in [-0.3, -0.25) is 34.7 Å². The van der Waals surface area contributed by atoms with Gasteiger partial charge in [-0.15, -0.1) is 5.10 Å². The van der Waals surface area contributed by atoms with Crippen molar-refractivity contribution in [3.05, 3.63) is 75.1 Å². The van der Waals surface area contributed by atoms with E-state index in [9.17, 15) is 32.3 Å². The number of amides is 4. The van der Waals surface area contributed by atoms with Crippen molar-refractivity contribution in [2.24, 2.45) is 5.92 Å². The van der Waals surface area contributed by atoms with E-state index in [0.717, 1.165) is 29.9 Å². The molecule has 3 aliphatic heterocycles. The lowest BCUT2D eigenvalue weighted by Gasteiger charge is -2.28. The number of hydrogen-bond donors (Lipinski definition) is 2. The second kappa shape index (κ2) is 12.3. The van der Waals surface area contributed by atoms with Gasteiger partial charge in [0.15, 0.2) is 5.82 Å². The van der Waals surface area contributed by atoms with Gasteiger partial charge in [0.05, 0.1) is 22.7 Å². The van der Waals surface area contributed by atoms with Crippen LogP contribution in [-0.2, 0) is 33.6 Å². The molecule has 2 atom stereocenters.